The Hall–Kier alpha value is -2.68. The van der Waals surface area contributed by atoms with Gasteiger partial charge in [0.05, 0.1) is 5.69 Å². The van der Waals surface area contributed by atoms with Gasteiger partial charge in [-0.15, -0.1) is 10.2 Å². The standard InChI is InChI=1S/C15H10BrF2N5O/c16-10-3-6-13(12(18)7-10)19-14(24)8-23-21-15(20-22-23)9-1-4-11(17)5-2-9/h1-7H,8H2,(H,19,24). The van der Waals surface area contributed by atoms with E-state index < -0.39 is 11.7 Å². The largest absolute Gasteiger partial charge is 0.322 e. The summed E-state index contributed by atoms with van der Waals surface area (Å²) in [4.78, 5) is 13.0. The van der Waals surface area contributed by atoms with Crippen molar-refractivity contribution in [1.29, 1.82) is 0 Å². The second kappa shape index (κ2) is 6.83. The molecule has 0 saturated heterocycles. The maximum atomic E-state index is 13.7. The van der Waals surface area contributed by atoms with E-state index in [-0.39, 0.29) is 23.9 Å². The Morgan fingerprint density at radius 2 is 1.92 bits per heavy atom. The van der Waals surface area contributed by atoms with Crippen LogP contribution in [0.3, 0.4) is 0 Å². The van der Waals surface area contributed by atoms with Gasteiger partial charge < -0.3 is 5.32 Å². The highest BCUT2D eigenvalue weighted by atomic mass is 79.9. The second-order valence-corrected chi connectivity index (χ2v) is 5.74. The van der Waals surface area contributed by atoms with E-state index in [1.54, 1.807) is 6.07 Å². The van der Waals surface area contributed by atoms with Crippen LogP contribution in [-0.2, 0) is 11.3 Å². The maximum absolute atomic E-state index is 13.7. The normalized spacial score (nSPS) is 10.6. The Kier molecular flexibility index (Phi) is 4.61. The monoisotopic (exact) mass is 393 g/mol. The van der Waals surface area contributed by atoms with Crippen LogP contribution in [0.1, 0.15) is 0 Å². The molecule has 3 rings (SSSR count). The summed E-state index contributed by atoms with van der Waals surface area (Å²) in [5.74, 6) is -1.17. The molecular formula is C15H10BrF2N5O. The smallest absolute Gasteiger partial charge is 0.248 e. The third-order valence-corrected chi connectivity index (χ3v) is 3.54. The quantitative estimate of drug-likeness (QED) is 0.739. The van der Waals surface area contributed by atoms with E-state index in [9.17, 15) is 13.6 Å². The molecule has 0 radical (unpaired) electrons. The minimum Gasteiger partial charge on any atom is -0.322 e. The van der Waals surface area contributed by atoms with E-state index in [1.807, 2.05) is 0 Å². The number of hydrogen-bond acceptors (Lipinski definition) is 4. The first-order chi connectivity index (χ1) is 11.5. The highest BCUT2D eigenvalue weighted by molar-refractivity contribution is 9.10. The van der Waals surface area contributed by atoms with Crippen molar-refractivity contribution < 1.29 is 13.6 Å². The number of nitrogens with one attached hydrogen (secondary N) is 1. The minimum atomic E-state index is -0.559. The van der Waals surface area contributed by atoms with Gasteiger partial charge in [-0.1, -0.05) is 15.9 Å². The number of rotatable bonds is 4. The molecule has 1 heterocycles. The van der Waals surface area contributed by atoms with Gasteiger partial charge >= 0.3 is 0 Å². The molecule has 1 aromatic heterocycles. The van der Waals surface area contributed by atoms with Gasteiger partial charge in [-0.05, 0) is 47.7 Å². The molecule has 3 aromatic rings. The number of aromatic nitrogens is 4. The zero-order valence-electron chi connectivity index (χ0n) is 12.1. The van der Waals surface area contributed by atoms with Gasteiger partial charge in [-0.25, -0.2) is 8.78 Å². The van der Waals surface area contributed by atoms with Gasteiger partial charge in [0.1, 0.15) is 18.2 Å². The molecule has 0 atom stereocenters. The number of benzene rings is 2. The summed E-state index contributed by atoms with van der Waals surface area (Å²) < 4.78 is 27.1. The molecule has 0 aliphatic carbocycles. The van der Waals surface area contributed by atoms with Gasteiger partial charge in [0.15, 0.2) is 0 Å². The van der Waals surface area contributed by atoms with Gasteiger partial charge in [0, 0.05) is 10.0 Å². The van der Waals surface area contributed by atoms with E-state index in [4.69, 9.17) is 0 Å². The fraction of sp³-hybridized carbons (Fsp3) is 0.0667. The summed E-state index contributed by atoms with van der Waals surface area (Å²) in [5.41, 5.74) is 0.629. The maximum Gasteiger partial charge on any atom is 0.248 e. The highest BCUT2D eigenvalue weighted by Gasteiger charge is 2.11. The van der Waals surface area contributed by atoms with E-state index in [0.717, 1.165) is 4.80 Å². The van der Waals surface area contributed by atoms with Gasteiger partial charge in [-0.3, -0.25) is 4.79 Å². The number of nitrogens with zero attached hydrogens (tertiary/aromatic N) is 4. The third-order valence-electron chi connectivity index (χ3n) is 3.05. The SMILES string of the molecule is O=C(Cn1nnc(-c2ccc(F)cc2)n1)Nc1ccc(Br)cc1F. The molecule has 1 N–H and O–H groups in total. The van der Waals surface area contributed by atoms with Crippen LogP contribution < -0.4 is 5.32 Å². The topological polar surface area (TPSA) is 72.7 Å². The Morgan fingerprint density at radius 1 is 1.17 bits per heavy atom. The van der Waals surface area contributed by atoms with Gasteiger partial charge in [0.2, 0.25) is 11.7 Å². The van der Waals surface area contributed by atoms with Crippen molar-refractivity contribution >= 4 is 27.5 Å². The Morgan fingerprint density at radius 3 is 2.62 bits per heavy atom. The Balaban J connectivity index is 1.68. The molecule has 0 aliphatic rings. The average molecular weight is 394 g/mol. The molecule has 0 aliphatic heterocycles. The van der Waals surface area contributed by atoms with Gasteiger partial charge in [0.25, 0.3) is 0 Å². The zero-order chi connectivity index (χ0) is 17.1. The van der Waals surface area contributed by atoms with Crippen LogP contribution in [0.25, 0.3) is 11.4 Å². The lowest BCUT2D eigenvalue weighted by Gasteiger charge is -2.05. The molecular weight excluding hydrogens is 384 g/mol. The van der Waals surface area contributed by atoms with Crippen molar-refractivity contribution in [3.63, 3.8) is 0 Å². The number of hydrogen-bond donors (Lipinski definition) is 1. The third kappa shape index (κ3) is 3.80. The molecule has 0 bridgehead atoms. The van der Waals surface area contributed by atoms with E-state index in [2.05, 4.69) is 36.7 Å². The number of tetrazole rings is 1. The van der Waals surface area contributed by atoms with Crippen LogP contribution in [0.2, 0.25) is 0 Å². The summed E-state index contributed by atoms with van der Waals surface area (Å²) in [5, 5.41) is 14.0. The minimum absolute atomic E-state index is 0.0575. The number of halogens is 3. The number of carbonyl (C=O) groups excluding carboxylic acids is 1. The van der Waals surface area contributed by atoms with Crippen molar-refractivity contribution in [3.05, 3.63) is 58.6 Å². The Bertz CT molecular complexity index is 882. The molecule has 0 saturated carbocycles. The first-order valence-corrected chi connectivity index (χ1v) is 7.59. The average Bonchev–Trinajstić information content (AvgIpc) is 2.99. The molecule has 122 valence electrons. The van der Waals surface area contributed by atoms with E-state index in [1.165, 1.54) is 36.4 Å². The predicted octanol–water partition coefficient (Wildman–Crippen LogP) is 3.02. The molecule has 1 amide bonds. The molecule has 0 spiro atoms. The molecule has 24 heavy (non-hydrogen) atoms. The number of amides is 1. The van der Waals surface area contributed by atoms with Crippen LogP contribution in [0, 0.1) is 11.6 Å². The lowest BCUT2D eigenvalue weighted by atomic mass is 10.2. The fourth-order valence-electron chi connectivity index (χ4n) is 1.93. The van der Waals surface area contributed by atoms with Crippen molar-refractivity contribution in [1.82, 2.24) is 20.2 Å². The summed E-state index contributed by atoms with van der Waals surface area (Å²) >= 11 is 3.14. The summed E-state index contributed by atoms with van der Waals surface area (Å²) in [7, 11) is 0. The Labute approximate surface area is 143 Å². The van der Waals surface area contributed by atoms with Crippen molar-refractivity contribution in [2.75, 3.05) is 5.32 Å². The summed E-state index contributed by atoms with van der Waals surface area (Å²) in [6.07, 6.45) is 0. The second-order valence-electron chi connectivity index (χ2n) is 4.82. The van der Waals surface area contributed by atoms with E-state index >= 15 is 0 Å². The lowest BCUT2D eigenvalue weighted by Crippen LogP contribution is -2.21. The predicted molar refractivity (Wildman–Crippen MR) is 85.9 cm³/mol. The van der Waals surface area contributed by atoms with Crippen molar-refractivity contribution in [2.45, 2.75) is 6.54 Å². The zero-order valence-corrected chi connectivity index (χ0v) is 13.7. The molecule has 0 fully saturated rings. The first-order valence-electron chi connectivity index (χ1n) is 6.80. The fourth-order valence-corrected chi connectivity index (χ4v) is 2.27. The van der Waals surface area contributed by atoms with E-state index in [0.29, 0.717) is 10.0 Å². The highest BCUT2D eigenvalue weighted by Crippen LogP contribution is 2.19. The van der Waals surface area contributed by atoms with Crippen LogP contribution >= 0.6 is 15.9 Å². The van der Waals surface area contributed by atoms with Crippen LogP contribution in [-0.4, -0.2) is 26.1 Å². The number of anilines is 1. The van der Waals surface area contributed by atoms with Crippen LogP contribution in [0.15, 0.2) is 46.9 Å². The van der Waals surface area contributed by atoms with Crippen LogP contribution in [0.5, 0.6) is 0 Å². The van der Waals surface area contributed by atoms with Crippen LogP contribution in [0.4, 0.5) is 14.5 Å². The van der Waals surface area contributed by atoms with Gasteiger partial charge in [-0.2, -0.15) is 4.80 Å². The first kappa shape index (κ1) is 16.2. The lowest BCUT2D eigenvalue weighted by molar-refractivity contribution is -0.117. The number of carbonyl (C=O) groups is 1. The molecule has 9 heteroatoms. The van der Waals surface area contributed by atoms with Crippen molar-refractivity contribution in [3.8, 4) is 11.4 Å². The summed E-state index contributed by atoms with van der Waals surface area (Å²) in [6.45, 7) is -0.232. The molecule has 2 aromatic carbocycles. The molecule has 0 unspecified atom stereocenters. The summed E-state index contributed by atoms with van der Waals surface area (Å²) in [6, 6.07) is 9.87. The molecule has 6 nitrogen and oxygen atoms in total. The van der Waals surface area contributed by atoms with Crippen molar-refractivity contribution in [2.24, 2.45) is 0 Å².